The topological polar surface area (TPSA) is 251 Å². The summed E-state index contributed by atoms with van der Waals surface area (Å²) in [5.74, 6) is -5.37. The molecule has 4 heterocycles. The number of rotatable bonds is 9. The van der Waals surface area contributed by atoms with Crippen molar-refractivity contribution in [2.24, 2.45) is 5.16 Å². The quantitative estimate of drug-likeness (QED) is 0.0464. The van der Waals surface area contributed by atoms with Crippen LogP contribution < -0.4 is 11.1 Å². The van der Waals surface area contributed by atoms with Gasteiger partial charge in [0.1, 0.15) is 29.1 Å². The molecule has 0 aliphatic carbocycles. The smallest absolute Gasteiger partial charge is 0.353 e. The van der Waals surface area contributed by atoms with E-state index in [9.17, 15) is 39.6 Å². The number of thioether (sulfide) groups is 1. The van der Waals surface area contributed by atoms with Crippen LogP contribution in [0.3, 0.4) is 0 Å². The van der Waals surface area contributed by atoms with Gasteiger partial charge in [-0.1, -0.05) is 17.4 Å². The molecule has 19 heteroatoms. The van der Waals surface area contributed by atoms with Crippen LogP contribution in [0.4, 0.5) is 5.13 Å². The van der Waals surface area contributed by atoms with Crippen LogP contribution in [-0.2, 0) is 24.0 Å². The van der Waals surface area contributed by atoms with Crippen LogP contribution in [0, 0.1) is 0 Å². The number of phenolic OH excluding ortho intramolecular Hbond substituents is 2. The highest BCUT2D eigenvalue weighted by Crippen LogP contribution is 2.42. The first-order valence-corrected chi connectivity index (χ1v) is 14.7. The van der Waals surface area contributed by atoms with E-state index in [2.05, 4.69) is 25.4 Å². The number of carboxylic acids is 2. The normalized spacial score (nSPS) is 18.5. The number of anilines is 1. The number of carbonyl (C=O) groups excluding carboxylic acids is 2. The third-order valence-electron chi connectivity index (χ3n) is 6.54. The van der Waals surface area contributed by atoms with Gasteiger partial charge in [-0.15, -0.1) is 23.1 Å². The van der Waals surface area contributed by atoms with Crippen molar-refractivity contribution in [1.29, 1.82) is 0 Å². The minimum absolute atomic E-state index is 0.0102. The summed E-state index contributed by atoms with van der Waals surface area (Å²) in [4.78, 5) is 68.7. The van der Waals surface area contributed by atoms with Crippen molar-refractivity contribution >= 4 is 85.7 Å². The molecule has 0 spiro atoms. The number of thiazole rings is 1. The number of oxime groups is 1. The Morgan fingerprint density at radius 1 is 1.20 bits per heavy atom. The maximum absolute atomic E-state index is 13.3. The second kappa shape index (κ2) is 11.3. The van der Waals surface area contributed by atoms with Crippen LogP contribution in [-0.4, -0.2) is 97.4 Å². The van der Waals surface area contributed by atoms with Crippen molar-refractivity contribution in [2.45, 2.75) is 30.9 Å². The standard InChI is InChI=1S/C25H21N7O9S3/c1-25(2,23(39)40)41-31-15(11-6-44-24(26)29-11)19(35)30-16-20(36)32-17(22(37)38)9(5-43-21(16)32)18(42)14-8-3-12(33)13(34)4-10(8)27-7-28-14/h3-4,6-7,16,21,33-34H,5H2,1-2H3,(H2,26,29)(H,30,35)(H,37,38)(H,39,40)/t16?,21-/m0/s1. The Hall–Kier alpha value is -4.88. The van der Waals surface area contributed by atoms with E-state index in [1.165, 1.54) is 31.4 Å². The molecule has 16 nitrogen and oxygen atoms in total. The number of aromatic hydroxyl groups is 2. The van der Waals surface area contributed by atoms with Gasteiger partial charge in [0.15, 0.2) is 22.3 Å². The Morgan fingerprint density at radius 2 is 1.91 bits per heavy atom. The van der Waals surface area contributed by atoms with Gasteiger partial charge in [-0.25, -0.2) is 24.5 Å². The minimum atomic E-state index is -1.81. The zero-order chi connectivity index (χ0) is 32.1. The molecular weight excluding hydrogens is 639 g/mol. The number of carbonyl (C=O) groups is 4. The molecular formula is C25H21N7O9S3. The van der Waals surface area contributed by atoms with E-state index in [4.69, 9.17) is 22.8 Å². The number of nitrogens with zero attached hydrogens (tertiary/aromatic N) is 5. The number of thiocarbonyl (C=S) groups is 1. The highest BCUT2D eigenvalue weighted by atomic mass is 32.2. The summed E-state index contributed by atoms with van der Waals surface area (Å²) < 4.78 is 0. The fourth-order valence-corrected chi connectivity index (χ4v) is 6.53. The number of nitrogens with two attached hydrogens (primary N) is 1. The fourth-order valence-electron chi connectivity index (χ4n) is 4.21. The zero-order valence-electron chi connectivity index (χ0n) is 22.5. The summed E-state index contributed by atoms with van der Waals surface area (Å²) in [6.45, 7) is 2.43. The number of benzene rings is 1. The predicted molar refractivity (Wildman–Crippen MR) is 160 cm³/mol. The van der Waals surface area contributed by atoms with Crippen molar-refractivity contribution in [3.63, 3.8) is 0 Å². The molecule has 2 aliphatic rings. The summed E-state index contributed by atoms with van der Waals surface area (Å²) in [7, 11) is 0. The first-order chi connectivity index (χ1) is 20.7. The van der Waals surface area contributed by atoms with Crippen LogP contribution in [0.1, 0.15) is 25.2 Å². The van der Waals surface area contributed by atoms with Gasteiger partial charge in [0.2, 0.25) is 5.60 Å². The molecule has 2 amide bonds. The molecule has 1 aromatic carbocycles. The van der Waals surface area contributed by atoms with Crippen LogP contribution in [0.2, 0.25) is 0 Å². The number of amides is 2. The molecule has 228 valence electrons. The number of fused-ring (bicyclic) bond motifs is 2. The first-order valence-electron chi connectivity index (χ1n) is 12.4. The minimum Gasteiger partial charge on any atom is -0.504 e. The monoisotopic (exact) mass is 659 g/mol. The Balaban J connectivity index is 1.43. The number of phenols is 2. The van der Waals surface area contributed by atoms with Crippen molar-refractivity contribution in [3.05, 3.63) is 46.5 Å². The summed E-state index contributed by atoms with van der Waals surface area (Å²) in [6, 6.07) is 1.21. The summed E-state index contributed by atoms with van der Waals surface area (Å²) in [5, 5.41) is 46.4. The predicted octanol–water partition coefficient (Wildman–Crippen LogP) is 0.820. The Labute approximate surface area is 260 Å². The van der Waals surface area contributed by atoms with Crippen LogP contribution >= 0.6 is 35.3 Å². The zero-order valence-corrected chi connectivity index (χ0v) is 25.0. The van der Waals surface area contributed by atoms with Gasteiger partial charge in [0.05, 0.1) is 16.1 Å². The molecule has 7 N–H and O–H groups in total. The molecule has 44 heavy (non-hydrogen) atoms. The van der Waals surface area contributed by atoms with E-state index in [-0.39, 0.29) is 43.6 Å². The van der Waals surface area contributed by atoms with Gasteiger partial charge in [-0.05, 0) is 19.9 Å². The van der Waals surface area contributed by atoms with E-state index in [0.29, 0.717) is 0 Å². The Bertz CT molecular complexity index is 1840. The van der Waals surface area contributed by atoms with E-state index in [0.717, 1.165) is 34.3 Å². The lowest BCUT2D eigenvalue weighted by Crippen LogP contribution is -2.71. The molecule has 1 fully saturated rings. The number of aliphatic carboxylic acids is 2. The number of aromatic nitrogens is 3. The molecule has 3 aromatic rings. The highest BCUT2D eigenvalue weighted by Gasteiger charge is 2.55. The van der Waals surface area contributed by atoms with Gasteiger partial charge in [-0.3, -0.25) is 14.5 Å². The van der Waals surface area contributed by atoms with Crippen molar-refractivity contribution in [2.75, 3.05) is 11.5 Å². The number of hydrogen-bond donors (Lipinski definition) is 6. The average Bonchev–Trinajstić information content (AvgIpc) is 3.40. The molecule has 1 unspecified atom stereocenters. The molecule has 1 saturated heterocycles. The lowest BCUT2D eigenvalue weighted by molar-refractivity contribution is -0.161. The lowest BCUT2D eigenvalue weighted by atomic mass is 9.99. The maximum Gasteiger partial charge on any atom is 0.353 e. The molecule has 5 rings (SSSR count). The maximum atomic E-state index is 13.3. The fraction of sp³-hybridized carbons (Fsp3) is 0.240. The van der Waals surface area contributed by atoms with Crippen LogP contribution in [0.15, 0.2) is 40.3 Å². The first kappa shape index (κ1) is 30.6. The second-order valence-corrected chi connectivity index (χ2v) is 12.2. The van der Waals surface area contributed by atoms with Gasteiger partial charge in [0, 0.05) is 28.2 Å². The molecule has 2 aromatic heterocycles. The number of carboxylic acid groups (broad SMARTS) is 2. The Kier molecular flexibility index (Phi) is 7.87. The molecule has 0 bridgehead atoms. The van der Waals surface area contributed by atoms with Crippen molar-refractivity contribution in [1.82, 2.24) is 25.2 Å². The molecule has 0 radical (unpaired) electrons. The summed E-state index contributed by atoms with van der Waals surface area (Å²) >= 11 is 7.72. The molecule has 2 aliphatic heterocycles. The van der Waals surface area contributed by atoms with Crippen molar-refractivity contribution in [3.8, 4) is 11.5 Å². The van der Waals surface area contributed by atoms with E-state index < -0.39 is 63.7 Å². The lowest BCUT2D eigenvalue weighted by Gasteiger charge is -2.49. The van der Waals surface area contributed by atoms with Crippen molar-refractivity contribution < 1.29 is 44.4 Å². The van der Waals surface area contributed by atoms with Gasteiger partial charge >= 0.3 is 11.9 Å². The number of nitrogens with one attached hydrogen (secondary N) is 1. The number of nitrogen functional groups attached to an aromatic ring is 1. The van der Waals surface area contributed by atoms with E-state index in [1.807, 2.05) is 0 Å². The second-order valence-electron chi connectivity index (χ2n) is 9.82. The molecule has 0 saturated carbocycles. The Morgan fingerprint density at radius 3 is 2.55 bits per heavy atom. The van der Waals surface area contributed by atoms with E-state index in [1.54, 1.807) is 0 Å². The third-order valence-corrected chi connectivity index (χ3v) is 8.93. The summed E-state index contributed by atoms with van der Waals surface area (Å²) in [6.07, 6.45) is 1.16. The number of β-lactam (4-membered cyclic amide) rings is 1. The summed E-state index contributed by atoms with van der Waals surface area (Å²) in [5.41, 5.74) is 3.45. The van der Waals surface area contributed by atoms with E-state index >= 15 is 0 Å². The molecule has 2 atom stereocenters. The van der Waals surface area contributed by atoms with Crippen LogP contribution in [0.25, 0.3) is 10.9 Å². The number of hydrogen-bond acceptors (Lipinski definition) is 15. The van der Waals surface area contributed by atoms with Gasteiger partial charge in [-0.2, -0.15) is 0 Å². The largest absolute Gasteiger partial charge is 0.504 e. The third kappa shape index (κ3) is 5.35. The van der Waals surface area contributed by atoms with Gasteiger partial charge in [0.25, 0.3) is 11.8 Å². The van der Waals surface area contributed by atoms with Gasteiger partial charge < -0.3 is 36.3 Å². The SMILES string of the molecule is CC(C)(ON=C(C(=O)NC1C(=O)N2C(C(=O)O)=C(C(=S)c3ncnc4cc(O)c(O)cc34)CS[C@@H]12)c1csc(N)n1)C(=O)O. The van der Waals surface area contributed by atoms with Crippen LogP contribution in [0.5, 0.6) is 11.5 Å². The average molecular weight is 660 g/mol. The highest BCUT2D eigenvalue weighted by molar-refractivity contribution is 8.00.